The standard InChI is InChI=1S/C23H21F6N7O3/c1-12(32-19(37)14-8-15(22(24,25)26)10-16(9-14)23(27,28)29)18-33-21(30)34-36(18)17-3-2-13(11-31-17)20(38)35-4-6-39-7-5-35/h2-3,8-12H,4-7H2,1H3,(H2,30,34)(H,32,37). The molecule has 1 unspecified atom stereocenters. The molecule has 1 atom stereocenters. The topological polar surface area (TPSA) is 128 Å². The molecule has 208 valence electrons. The number of pyridine rings is 1. The Kier molecular flexibility index (Phi) is 7.50. The van der Waals surface area contributed by atoms with E-state index in [-0.39, 0.29) is 29.6 Å². The SMILES string of the molecule is CC(NC(=O)c1cc(C(F)(F)F)cc(C(F)(F)F)c1)c1nc(N)nn1-c1ccc(C(=O)N2CCOCC2)cn1. The molecule has 0 spiro atoms. The highest BCUT2D eigenvalue weighted by molar-refractivity contribution is 5.95. The number of aromatic nitrogens is 4. The summed E-state index contributed by atoms with van der Waals surface area (Å²) in [6, 6.07) is 2.43. The molecule has 2 amide bonds. The summed E-state index contributed by atoms with van der Waals surface area (Å²) in [5.41, 5.74) is 1.89. The van der Waals surface area contributed by atoms with Crippen molar-refractivity contribution < 1.29 is 40.7 Å². The van der Waals surface area contributed by atoms with E-state index in [1.165, 1.54) is 25.3 Å². The summed E-state index contributed by atoms with van der Waals surface area (Å²) in [5.74, 6) is -1.57. The summed E-state index contributed by atoms with van der Waals surface area (Å²) >= 11 is 0. The van der Waals surface area contributed by atoms with Crippen LogP contribution in [0.2, 0.25) is 0 Å². The van der Waals surface area contributed by atoms with Gasteiger partial charge in [-0.05, 0) is 37.3 Å². The third-order valence-electron chi connectivity index (χ3n) is 5.74. The van der Waals surface area contributed by atoms with Gasteiger partial charge in [-0.2, -0.15) is 36.0 Å². The minimum Gasteiger partial charge on any atom is -0.378 e. The van der Waals surface area contributed by atoms with Crippen LogP contribution in [0.1, 0.15) is 50.6 Å². The van der Waals surface area contributed by atoms with Gasteiger partial charge in [-0.25, -0.2) is 4.98 Å². The number of alkyl halides is 6. The van der Waals surface area contributed by atoms with Crippen LogP contribution in [0.3, 0.4) is 0 Å². The molecule has 3 heterocycles. The predicted molar refractivity (Wildman–Crippen MR) is 123 cm³/mol. The van der Waals surface area contributed by atoms with Gasteiger partial charge in [0.25, 0.3) is 11.8 Å². The van der Waals surface area contributed by atoms with E-state index >= 15 is 0 Å². The number of benzene rings is 1. The summed E-state index contributed by atoms with van der Waals surface area (Å²) in [6.07, 6.45) is -8.92. The average Bonchev–Trinajstić information content (AvgIpc) is 3.29. The van der Waals surface area contributed by atoms with Gasteiger partial charge in [0.1, 0.15) is 0 Å². The second-order valence-corrected chi connectivity index (χ2v) is 8.54. The molecule has 0 saturated carbocycles. The first-order valence-corrected chi connectivity index (χ1v) is 11.4. The lowest BCUT2D eigenvalue weighted by Crippen LogP contribution is -2.40. The molecule has 0 radical (unpaired) electrons. The summed E-state index contributed by atoms with van der Waals surface area (Å²) in [5, 5.41) is 6.31. The van der Waals surface area contributed by atoms with Crippen molar-refractivity contribution >= 4 is 17.8 Å². The highest BCUT2D eigenvalue weighted by Gasteiger charge is 2.37. The van der Waals surface area contributed by atoms with E-state index in [1.54, 1.807) is 4.90 Å². The Morgan fingerprint density at radius 2 is 1.62 bits per heavy atom. The fourth-order valence-corrected chi connectivity index (χ4v) is 3.81. The Hall–Kier alpha value is -4.21. The lowest BCUT2D eigenvalue weighted by atomic mass is 10.0. The van der Waals surface area contributed by atoms with E-state index in [1.807, 2.05) is 0 Å². The van der Waals surface area contributed by atoms with Crippen LogP contribution in [-0.2, 0) is 17.1 Å². The van der Waals surface area contributed by atoms with Crippen LogP contribution in [0.4, 0.5) is 32.3 Å². The van der Waals surface area contributed by atoms with Crippen LogP contribution in [0.25, 0.3) is 5.82 Å². The number of carbonyl (C=O) groups excluding carboxylic acids is 2. The van der Waals surface area contributed by atoms with Crippen molar-refractivity contribution in [2.45, 2.75) is 25.3 Å². The molecule has 0 bridgehead atoms. The fraction of sp³-hybridized carbons (Fsp3) is 0.348. The number of rotatable bonds is 5. The third kappa shape index (κ3) is 6.27. The molecule has 39 heavy (non-hydrogen) atoms. The second-order valence-electron chi connectivity index (χ2n) is 8.54. The van der Waals surface area contributed by atoms with E-state index in [0.717, 1.165) is 4.68 Å². The highest BCUT2D eigenvalue weighted by Crippen LogP contribution is 2.36. The zero-order valence-corrected chi connectivity index (χ0v) is 20.2. The molecular weight excluding hydrogens is 536 g/mol. The van der Waals surface area contributed by atoms with E-state index in [0.29, 0.717) is 44.0 Å². The van der Waals surface area contributed by atoms with Crippen molar-refractivity contribution in [2.24, 2.45) is 0 Å². The molecule has 16 heteroatoms. The number of nitrogens with two attached hydrogens (primary N) is 1. The largest absolute Gasteiger partial charge is 0.416 e. The van der Waals surface area contributed by atoms with Gasteiger partial charge in [0.2, 0.25) is 5.95 Å². The Morgan fingerprint density at radius 1 is 1.00 bits per heavy atom. The summed E-state index contributed by atoms with van der Waals surface area (Å²) in [4.78, 5) is 35.2. The van der Waals surface area contributed by atoms with Gasteiger partial charge in [-0.3, -0.25) is 9.59 Å². The molecule has 2 aromatic heterocycles. The smallest absolute Gasteiger partial charge is 0.378 e. The minimum absolute atomic E-state index is 0.0105. The van der Waals surface area contributed by atoms with E-state index in [2.05, 4.69) is 20.4 Å². The van der Waals surface area contributed by atoms with E-state index in [4.69, 9.17) is 10.5 Å². The van der Waals surface area contributed by atoms with Crippen molar-refractivity contribution in [3.8, 4) is 5.82 Å². The van der Waals surface area contributed by atoms with Crippen LogP contribution < -0.4 is 11.1 Å². The molecule has 1 aliphatic rings. The number of ether oxygens (including phenoxy) is 1. The van der Waals surface area contributed by atoms with Gasteiger partial charge in [-0.1, -0.05) is 0 Å². The Morgan fingerprint density at radius 3 is 2.15 bits per heavy atom. The molecule has 4 rings (SSSR count). The number of halogens is 6. The Bertz CT molecular complexity index is 1330. The number of hydrogen-bond donors (Lipinski definition) is 2. The number of nitrogen functional groups attached to an aromatic ring is 1. The van der Waals surface area contributed by atoms with Crippen LogP contribution in [0.5, 0.6) is 0 Å². The molecule has 10 nitrogen and oxygen atoms in total. The quantitative estimate of drug-likeness (QED) is 0.461. The van der Waals surface area contributed by atoms with E-state index < -0.39 is 41.0 Å². The number of nitrogens with zero attached hydrogens (tertiary/aromatic N) is 5. The van der Waals surface area contributed by atoms with Gasteiger partial charge in [0.05, 0.1) is 35.9 Å². The zero-order chi connectivity index (χ0) is 28.5. The van der Waals surface area contributed by atoms with Crippen LogP contribution in [0, 0.1) is 0 Å². The number of carbonyl (C=O) groups is 2. The number of amides is 2. The Balaban J connectivity index is 1.57. The molecule has 1 saturated heterocycles. The normalized spacial score (nSPS) is 15.2. The van der Waals surface area contributed by atoms with Gasteiger partial charge in [0.15, 0.2) is 11.6 Å². The lowest BCUT2D eigenvalue weighted by molar-refractivity contribution is -0.143. The first-order valence-electron chi connectivity index (χ1n) is 11.4. The number of anilines is 1. The van der Waals surface area contributed by atoms with Gasteiger partial charge < -0.3 is 20.7 Å². The van der Waals surface area contributed by atoms with Crippen molar-refractivity contribution in [1.82, 2.24) is 30.0 Å². The first-order chi connectivity index (χ1) is 18.2. The molecule has 1 aliphatic heterocycles. The number of nitrogens with one attached hydrogen (secondary N) is 1. The minimum atomic E-state index is -5.11. The monoisotopic (exact) mass is 557 g/mol. The third-order valence-corrected chi connectivity index (χ3v) is 5.74. The molecule has 1 aromatic carbocycles. The molecular formula is C23H21F6N7O3. The van der Waals surface area contributed by atoms with Crippen LogP contribution >= 0.6 is 0 Å². The van der Waals surface area contributed by atoms with Crippen molar-refractivity contribution in [2.75, 3.05) is 32.0 Å². The number of morpholine rings is 1. The maximum Gasteiger partial charge on any atom is 0.416 e. The molecule has 3 aromatic rings. The lowest BCUT2D eigenvalue weighted by Gasteiger charge is -2.26. The van der Waals surface area contributed by atoms with E-state index in [9.17, 15) is 35.9 Å². The number of hydrogen-bond acceptors (Lipinski definition) is 7. The first kappa shape index (κ1) is 27.8. The molecule has 1 fully saturated rings. The van der Waals surface area contributed by atoms with Crippen molar-refractivity contribution in [1.29, 1.82) is 0 Å². The maximum absolute atomic E-state index is 13.2. The van der Waals surface area contributed by atoms with Crippen molar-refractivity contribution in [3.05, 3.63) is 64.6 Å². The summed E-state index contributed by atoms with van der Waals surface area (Å²) in [7, 11) is 0. The second kappa shape index (κ2) is 10.5. The summed E-state index contributed by atoms with van der Waals surface area (Å²) < 4.78 is 85.5. The molecule has 3 N–H and O–H groups in total. The Labute approximate surface area is 216 Å². The van der Waals surface area contributed by atoms with Crippen LogP contribution in [-0.4, -0.2) is 62.8 Å². The van der Waals surface area contributed by atoms with Crippen LogP contribution in [0.15, 0.2) is 36.5 Å². The summed E-state index contributed by atoms with van der Waals surface area (Å²) in [6.45, 7) is 3.07. The fourth-order valence-electron chi connectivity index (χ4n) is 3.81. The maximum atomic E-state index is 13.2. The average molecular weight is 557 g/mol. The van der Waals surface area contributed by atoms with Gasteiger partial charge in [-0.15, -0.1) is 5.10 Å². The molecule has 0 aliphatic carbocycles. The zero-order valence-electron chi connectivity index (χ0n) is 20.2. The van der Waals surface area contributed by atoms with Gasteiger partial charge in [0, 0.05) is 24.8 Å². The highest BCUT2D eigenvalue weighted by atomic mass is 19.4. The van der Waals surface area contributed by atoms with Crippen molar-refractivity contribution in [3.63, 3.8) is 0 Å². The van der Waals surface area contributed by atoms with Gasteiger partial charge >= 0.3 is 12.4 Å². The predicted octanol–water partition coefficient (Wildman–Crippen LogP) is 3.25.